The van der Waals surface area contributed by atoms with Crippen LogP contribution in [0.25, 0.3) is 0 Å². The van der Waals surface area contributed by atoms with Crippen molar-refractivity contribution < 1.29 is 4.74 Å². The minimum Gasteiger partial charge on any atom is -0.383 e. The standard InChI is InChI=1S/C10H18BrN3O/c1-8-10(11)9(2)14(13-8)6-4-12-5-7-15-3/h12H,4-7H2,1-3H3. The normalized spacial score (nSPS) is 10.9. The van der Waals surface area contributed by atoms with Gasteiger partial charge in [0.2, 0.25) is 0 Å². The van der Waals surface area contributed by atoms with Crippen LogP contribution in [0.3, 0.4) is 0 Å². The summed E-state index contributed by atoms with van der Waals surface area (Å²) in [5, 5.41) is 7.72. The average molecular weight is 276 g/mol. The number of methoxy groups -OCH3 is 1. The maximum Gasteiger partial charge on any atom is 0.0738 e. The Hall–Kier alpha value is -0.390. The molecule has 0 atom stereocenters. The van der Waals surface area contributed by atoms with Crippen molar-refractivity contribution >= 4 is 15.9 Å². The molecule has 0 saturated heterocycles. The smallest absolute Gasteiger partial charge is 0.0738 e. The van der Waals surface area contributed by atoms with Crippen LogP contribution in [0.2, 0.25) is 0 Å². The number of hydrogen-bond acceptors (Lipinski definition) is 3. The number of hydrogen-bond donors (Lipinski definition) is 1. The molecule has 1 aromatic rings. The first-order valence-electron chi connectivity index (χ1n) is 5.06. The molecule has 0 bridgehead atoms. The monoisotopic (exact) mass is 275 g/mol. The highest BCUT2D eigenvalue weighted by Gasteiger charge is 2.07. The Morgan fingerprint density at radius 2 is 2.13 bits per heavy atom. The lowest BCUT2D eigenvalue weighted by Crippen LogP contribution is -2.24. The second-order valence-corrected chi connectivity index (χ2v) is 4.24. The van der Waals surface area contributed by atoms with Crippen molar-refractivity contribution in [3.63, 3.8) is 0 Å². The molecule has 1 aromatic heterocycles. The molecule has 0 unspecified atom stereocenters. The average Bonchev–Trinajstić information content (AvgIpc) is 2.46. The van der Waals surface area contributed by atoms with Crippen molar-refractivity contribution in [1.82, 2.24) is 15.1 Å². The third-order valence-electron chi connectivity index (χ3n) is 2.28. The van der Waals surface area contributed by atoms with Gasteiger partial charge in [-0.1, -0.05) is 0 Å². The van der Waals surface area contributed by atoms with Crippen molar-refractivity contribution in [2.45, 2.75) is 20.4 Å². The number of nitrogens with zero attached hydrogens (tertiary/aromatic N) is 2. The van der Waals surface area contributed by atoms with E-state index in [0.29, 0.717) is 0 Å². The summed E-state index contributed by atoms with van der Waals surface area (Å²) in [6, 6.07) is 0. The molecule has 0 fully saturated rings. The fraction of sp³-hybridized carbons (Fsp3) is 0.700. The zero-order valence-corrected chi connectivity index (χ0v) is 11.1. The van der Waals surface area contributed by atoms with E-state index in [0.717, 1.165) is 36.4 Å². The number of halogens is 1. The summed E-state index contributed by atoms with van der Waals surface area (Å²) in [4.78, 5) is 0. The number of aromatic nitrogens is 2. The van der Waals surface area contributed by atoms with Crippen LogP contribution in [0.1, 0.15) is 11.4 Å². The van der Waals surface area contributed by atoms with E-state index in [1.165, 1.54) is 5.69 Å². The molecule has 0 aromatic carbocycles. The summed E-state index contributed by atoms with van der Waals surface area (Å²) < 4.78 is 8.07. The van der Waals surface area contributed by atoms with Crippen LogP contribution in [0.15, 0.2) is 4.47 Å². The molecule has 0 spiro atoms. The lowest BCUT2D eigenvalue weighted by Gasteiger charge is -2.05. The third kappa shape index (κ3) is 3.59. The molecule has 1 heterocycles. The number of ether oxygens (including phenoxy) is 1. The Morgan fingerprint density at radius 3 is 2.67 bits per heavy atom. The molecule has 0 saturated carbocycles. The molecule has 15 heavy (non-hydrogen) atoms. The van der Waals surface area contributed by atoms with E-state index in [1.54, 1.807) is 7.11 Å². The van der Waals surface area contributed by atoms with Crippen molar-refractivity contribution in [3.8, 4) is 0 Å². The van der Waals surface area contributed by atoms with Crippen molar-refractivity contribution in [2.75, 3.05) is 26.8 Å². The van der Waals surface area contributed by atoms with Gasteiger partial charge in [0.25, 0.3) is 0 Å². The fourth-order valence-corrected chi connectivity index (χ4v) is 1.66. The summed E-state index contributed by atoms with van der Waals surface area (Å²) >= 11 is 3.51. The molecule has 1 N–H and O–H groups in total. The zero-order valence-electron chi connectivity index (χ0n) is 9.51. The van der Waals surface area contributed by atoms with E-state index in [2.05, 4.69) is 33.3 Å². The van der Waals surface area contributed by atoms with Gasteiger partial charge in [0.1, 0.15) is 0 Å². The highest BCUT2D eigenvalue weighted by atomic mass is 79.9. The van der Waals surface area contributed by atoms with Gasteiger partial charge in [0.15, 0.2) is 0 Å². The Labute approximate surface area is 99.1 Å². The first-order chi connectivity index (χ1) is 7.16. The van der Waals surface area contributed by atoms with Gasteiger partial charge in [0, 0.05) is 25.9 Å². The van der Waals surface area contributed by atoms with Crippen molar-refractivity contribution in [1.29, 1.82) is 0 Å². The number of rotatable bonds is 6. The predicted octanol–water partition coefficient (Wildman–Crippen LogP) is 1.50. The number of aryl methyl sites for hydroxylation is 1. The molecular formula is C10H18BrN3O. The van der Waals surface area contributed by atoms with Gasteiger partial charge in [-0.3, -0.25) is 4.68 Å². The Bertz CT molecular complexity index is 312. The highest BCUT2D eigenvalue weighted by Crippen LogP contribution is 2.19. The highest BCUT2D eigenvalue weighted by molar-refractivity contribution is 9.10. The van der Waals surface area contributed by atoms with Crippen LogP contribution < -0.4 is 5.32 Å². The number of nitrogens with one attached hydrogen (secondary N) is 1. The first kappa shape index (κ1) is 12.7. The molecule has 5 heteroatoms. The van der Waals surface area contributed by atoms with Crippen LogP contribution >= 0.6 is 15.9 Å². The molecule has 0 aliphatic heterocycles. The largest absolute Gasteiger partial charge is 0.383 e. The second kappa shape index (κ2) is 6.25. The van der Waals surface area contributed by atoms with Gasteiger partial charge in [-0.05, 0) is 29.8 Å². The molecule has 0 aliphatic rings. The first-order valence-corrected chi connectivity index (χ1v) is 5.85. The van der Waals surface area contributed by atoms with E-state index in [1.807, 2.05) is 11.6 Å². The molecule has 1 rings (SSSR count). The summed E-state index contributed by atoms with van der Waals surface area (Å²) in [5.41, 5.74) is 2.23. The van der Waals surface area contributed by atoms with E-state index in [-0.39, 0.29) is 0 Å². The van der Waals surface area contributed by atoms with Crippen molar-refractivity contribution in [3.05, 3.63) is 15.9 Å². The predicted molar refractivity (Wildman–Crippen MR) is 64.1 cm³/mol. The van der Waals surface area contributed by atoms with E-state index >= 15 is 0 Å². The molecular weight excluding hydrogens is 258 g/mol. The van der Waals surface area contributed by atoms with Crippen LogP contribution in [0, 0.1) is 13.8 Å². The lowest BCUT2D eigenvalue weighted by atomic mass is 10.4. The van der Waals surface area contributed by atoms with Gasteiger partial charge in [-0.15, -0.1) is 0 Å². The zero-order chi connectivity index (χ0) is 11.3. The summed E-state index contributed by atoms with van der Waals surface area (Å²) in [7, 11) is 1.71. The maximum absolute atomic E-state index is 4.95. The molecule has 0 radical (unpaired) electrons. The van der Waals surface area contributed by atoms with Crippen LogP contribution in [0.4, 0.5) is 0 Å². The Morgan fingerprint density at radius 1 is 1.40 bits per heavy atom. The molecule has 4 nitrogen and oxygen atoms in total. The fourth-order valence-electron chi connectivity index (χ4n) is 1.38. The lowest BCUT2D eigenvalue weighted by molar-refractivity contribution is 0.199. The summed E-state index contributed by atoms with van der Waals surface area (Å²) in [6.45, 7) is 7.52. The minimum absolute atomic E-state index is 0.751. The quantitative estimate of drug-likeness (QED) is 0.800. The molecule has 86 valence electrons. The minimum atomic E-state index is 0.751. The van der Waals surface area contributed by atoms with Crippen molar-refractivity contribution in [2.24, 2.45) is 0 Å². The van der Waals surface area contributed by atoms with Gasteiger partial charge in [-0.25, -0.2) is 0 Å². The van der Waals surface area contributed by atoms with Gasteiger partial charge < -0.3 is 10.1 Å². The molecule has 0 aliphatic carbocycles. The topological polar surface area (TPSA) is 39.1 Å². The van der Waals surface area contributed by atoms with Crippen LogP contribution in [-0.4, -0.2) is 36.6 Å². The van der Waals surface area contributed by atoms with E-state index in [4.69, 9.17) is 4.74 Å². The Balaban J connectivity index is 2.34. The van der Waals surface area contributed by atoms with E-state index < -0.39 is 0 Å². The van der Waals surface area contributed by atoms with E-state index in [9.17, 15) is 0 Å². The van der Waals surface area contributed by atoms with Gasteiger partial charge >= 0.3 is 0 Å². The third-order valence-corrected chi connectivity index (χ3v) is 3.42. The van der Waals surface area contributed by atoms with Crippen LogP contribution in [0.5, 0.6) is 0 Å². The van der Waals surface area contributed by atoms with Gasteiger partial charge in [0.05, 0.1) is 23.3 Å². The van der Waals surface area contributed by atoms with Crippen LogP contribution in [-0.2, 0) is 11.3 Å². The Kier molecular flexibility index (Phi) is 5.28. The summed E-state index contributed by atoms with van der Waals surface area (Å²) in [6.07, 6.45) is 0. The van der Waals surface area contributed by atoms with Gasteiger partial charge in [-0.2, -0.15) is 5.10 Å². The summed E-state index contributed by atoms with van der Waals surface area (Å²) in [5.74, 6) is 0. The SMILES string of the molecule is COCCNCCn1nc(C)c(Br)c1C. The maximum atomic E-state index is 4.95. The molecule has 0 amide bonds. The second-order valence-electron chi connectivity index (χ2n) is 3.45.